The zero-order chi connectivity index (χ0) is 20.6. The fraction of sp³-hybridized carbons (Fsp3) is 0.348. The molecule has 1 amide bonds. The maximum absolute atomic E-state index is 12.7. The third-order valence-corrected chi connectivity index (χ3v) is 5.05. The van der Waals surface area contributed by atoms with E-state index in [1.54, 1.807) is 11.0 Å². The first-order chi connectivity index (χ1) is 14.1. The molecule has 2 aromatic carbocycles. The molecule has 0 saturated heterocycles. The van der Waals surface area contributed by atoms with Crippen LogP contribution in [0.25, 0.3) is 11.5 Å². The Balaban J connectivity index is 1.58. The van der Waals surface area contributed by atoms with Gasteiger partial charge in [-0.1, -0.05) is 60.5 Å². The summed E-state index contributed by atoms with van der Waals surface area (Å²) in [6.45, 7) is 5.10. The van der Waals surface area contributed by atoms with E-state index in [2.05, 4.69) is 48.3 Å². The molecular weight excluding hydrogens is 386 g/mol. The van der Waals surface area contributed by atoms with E-state index in [0.29, 0.717) is 41.9 Å². The molecule has 0 radical (unpaired) electrons. The van der Waals surface area contributed by atoms with E-state index in [-0.39, 0.29) is 5.91 Å². The van der Waals surface area contributed by atoms with Gasteiger partial charge in [-0.2, -0.15) is 0 Å². The zero-order valence-electron chi connectivity index (χ0n) is 16.9. The lowest BCUT2D eigenvalue weighted by molar-refractivity contribution is -0.132. The molecule has 152 valence electrons. The third kappa shape index (κ3) is 5.91. The summed E-state index contributed by atoms with van der Waals surface area (Å²) in [5.74, 6) is 0.894. The van der Waals surface area contributed by atoms with E-state index in [1.807, 2.05) is 18.2 Å². The number of nitrogens with zero attached hydrogens (tertiary/aromatic N) is 3. The summed E-state index contributed by atoms with van der Waals surface area (Å²) in [5.41, 5.74) is 3.20. The molecule has 0 spiro atoms. The fourth-order valence-corrected chi connectivity index (χ4v) is 3.36. The molecule has 0 fully saturated rings. The topological polar surface area (TPSA) is 59.2 Å². The van der Waals surface area contributed by atoms with Gasteiger partial charge in [0, 0.05) is 13.0 Å². The van der Waals surface area contributed by atoms with Crippen LogP contribution in [-0.4, -0.2) is 27.5 Å². The second-order valence-electron chi connectivity index (χ2n) is 7.14. The molecular formula is C23H26ClN3O2. The summed E-state index contributed by atoms with van der Waals surface area (Å²) >= 11 is 6.20. The molecule has 29 heavy (non-hydrogen) atoms. The largest absolute Gasteiger partial charge is 0.419 e. The Morgan fingerprint density at radius 2 is 1.86 bits per heavy atom. The van der Waals surface area contributed by atoms with Gasteiger partial charge in [0.1, 0.15) is 0 Å². The van der Waals surface area contributed by atoms with Crippen molar-refractivity contribution in [3.8, 4) is 11.5 Å². The van der Waals surface area contributed by atoms with E-state index < -0.39 is 0 Å². The molecule has 0 unspecified atom stereocenters. The van der Waals surface area contributed by atoms with E-state index in [4.69, 9.17) is 16.0 Å². The van der Waals surface area contributed by atoms with Crippen LogP contribution in [-0.2, 0) is 17.8 Å². The smallest absolute Gasteiger partial charge is 0.249 e. The predicted octanol–water partition coefficient (Wildman–Crippen LogP) is 5.46. The Morgan fingerprint density at radius 3 is 2.59 bits per heavy atom. The first-order valence-corrected chi connectivity index (χ1v) is 10.3. The van der Waals surface area contributed by atoms with Gasteiger partial charge in [0.2, 0.25) is 17.7 Å². The van der Waals surface area contributed by atoms with Gasteiger partial charge < -0.3 is 9.32 Å². The summed E-state index contributed by atoms with van der Waals surface area (Å²) in [5, 5.41) is 8.75. The SMILES string of the molecule is CCCN(Cc1nnc(-c2ccccc2Cl)o1)C(=O)CCCc1ccc(C)cc1. The average Bonchev–Trinajstić information content (AvgIpc) is 3.18. The highest BCUT2D eigenvalue weighted by Gasteiger charge is 2.18. The number of aromatic nitrogens is 2. The fourth-order valence-electron chi connectivity index (χ4n) is 3.14. The molecule has 6 heteroatoms. The first kappa shape index (κ1) is 21.1. The minimum absolute atomic E-state index is 0.108. The number of amides is 1. The van der Waals surface area contributed by atoms with E-state index in [9.17, 15) is 4.79 Å². The number of hydrogen-bond donors (Lipinski definition) is 0. The number of carbonyl (C=O) groups excluding carboxylic acids is 1. The highest BCUT2D eigenvalue weighted by Crippen LogP contribution is 2.26. The Morgan fingerprint density at radius 1 is 1.10 bits per heavy atom. The monoisotopic (exact) mass is 411 g/mol. The third-order valence-electron chi connectivity index (χ3n) is 4.72. The zero-order valence-corrected chi connectivity index (χ0v) is 17.7. The first-order valence-electron chi connectivity index (χ1n) is 9.97. The lowest BCUT2D eigenvalue weighted by Crippen LogP contribution is -2.31. The van der Waals surface area contributed by atoms with Gasteiger partial charge in [-0.3, -0.25) is 4.79 Å². The van der Waals surface area contributed by atoms with Gasteiger partial charge in [-0.15, -0.1) is 10.2 Å². The van der Waals surface area contributed by atoms with Crippen molar-refractivity contribution in [3.63, 3.8) is 0 Å². The summed E-state index contributed by atoms with van der Waals surface area (Å²) in [4.78, 5) is 14.5. The van der Waals surface area contributed by atoms with E-state index >= 15 is 0 Å². The molecule has 3 aromatic rings. The summed E-state index contributed by atoms with van der Waals surface area (Å²) in [6, 6.07) is 15.8. The van der Waals surface area contributed by atoms with Crippen LogP contribution < -0.4 is 0 Å². The van der Waals surface area contributed by atoms with Gasteiger partial charge in [-0.05, 0) is 43.9 Å². The van der Waals surface area contributed by atoms with Crippen LogP contribution in [0.1, 0.15) is 43.2 Å². The normalized spacial score (nSPS) is 10.9. The number of aryl methyl sites for hydroxylation is 2. The van der Waals surface area contributed by atoms with Crippen LogP contribution in [0.2, 0.25) is 5.02 Å². The number of rotatable bonds is 9. The molecule has 0 N–H and O–H groups in total. The van der Waals surface area contributed by atoms with Crippen LogP contribution in [0.5, 0.6) is 0 Å². The van der Waals surface area contributed by atoms with Gasteiger partial charge in [0.25, 0.3) is 0 Å². The lowest BCUT2D eigenvalue weighted by Gasteiger charge is -2.20. The van der Waals surface area contributed by atoms with Crippen molar-refractivity contribution in [2.75, 3.05) is 6.54 Å². The number of halogens is 1. The quantitative estimate of drug-likeness (QED) is 0.469. The van der Waals surface area contributed by atoms with Gasteiger partial charge in [0.15, 0.2) is 0 Å². The van der Waals surface area contributed by atoms with Crippen LogP contribution in [0.4, 0.5) is 0 Å². The van der Waals surface area contributed by atoms with Crippen molar-refractivity contribution in [2.45, 2.75) is 46.1 Å². The van der Waals surface area contributed by atoms with E-state index in [0.717, 1.165) is 19.3 Å². The summed E-state index contributed by atoms with van der Waals surface area (Å²) in [7, 11) is 0. The molecule has 1 heterocycles. The summed E-state index contributed by atoms with van der Waals surface area (Å²) in [6.07, 6.45) is 3.08. The highest BCUT2D eigenvalue weighted by atomic mass is 35.5. The second-order valence-corrected chi connectivity index (χ2v) is 7.54. The second kappa shape index (κ2) is 10.2. The van der Waals surface area contributed by atoms with Crippen LogP contribution in [0.15, 0.2) is 52.9 Å². The minimum Gasteiger partial charge on any atom is -0.419 e. The van der Waals surface area contributed by atoms with Crippen LogP contribution in [0.3, 0.4) is 0 Å². The number of benzene rings is 2. The van der Waals surface area contributed by atoms with Crippen LogP contribution >= 0.6 is 11.6 Å². The maximum Gasteiger partial charge on any atom is 0.249 e. The minimum atomic E-state index is 0.108. The van der Waals surface area contributed by atoms with Crippen molar-refractivity contribution < 1.29 is 9.21 Å². The molecule has 0 aliphatic carbocycles. The van der Waals surface area contributed by atoms with Gasteiger partial charge >= 0.3 is 0 Å². The molecule has 0 bridgehead atoms. The average molecular weight is 412 g/mol. The molecule has 0 saturated carbocycles. The number of carbonyl (C=O) groups is 1. The van der Waals surface area contributed by atoms with Gasteiger partial charge in [0.05, 0.1) is 17.1 Å². The summed E-state index contributed by atoms with van der Waals surface area (Å²) < 4.78 is 5.76. The van der Waals surface area contributed by atoms with Crippen molar-refractivity contribution in [2.24, 2.45) is 0 Å². The van der Waals surface area contributed by atoms with Gasteiger partial charge in [-0.25, -0.2) is 0 Å². The van der Waals surface area contributed by atoms with Crippen LogP contribution in [0, 0.1) is 6.92 Å². The highest BCUT2D eigenvalue weighted by molar-refractivity contribution is 6.33. The van der Waals surface area contributed by atoms with Crippen molar-refractivity contribution in [1.29, 1.82) is 0 Å². The van der Waals surface area contributed by atoms with Crippen molar-refractivity contribution in [1.82, 2.24) is 15.1 Å². The maximum atomic E-state index is 12.7. The molecule has 0 aliphatic rings. The van der Waals surface area contributed by atoms with Crippen molar-refractivity contribution in [3.05, 3.63) is 70.6 Å². The molecule has 1 aromatic heterocycles. The Labute approximate surface area is 176 Å². The standard InChI is InChI=1S/C23H26ClN3O2/c1-3-15-27(22(28)10-6-7-18-13-11-17(2)12-14-18)16-21-25-26-23(29-21)19-8-4-5-9-20(19)24/h4-5,8-9,11-14H,3,6-7,10,15-16H2,1-2H3. The molecule has 0 aliphatic heterocycles. The number of hydrogen-bond acceptors (Lipinski definition) is 4. The Hall–Kier alpha value is -2.66. The molecule has 3 rings (SSSR count). The Kier molecular flexibility index (Phi) is 7.42. The molecule has 0 atom stereocenters. The Bertz CT molecular complexity index is 937. The van der Waals surface area contributed by atoms with E-state index in [1.165, 1.54) is 11.1 Å². The predicted molar refractivity (Wildman–Crippen MR) is 115 cm³/mol. The molecule has 5 nitrogen and oxygen atoms in total. The lowest BCUT2D eigenvalue weighted by atomic mass is 10.1. The van der Waals surface area contributed by atoms with Crippen molar-refractivity contribution >= 4 is 17.5 Å².